The van der Waals surface area contributed by atoms with Gasteiger partial charge in [-0.25, -0.2) is 4.39 Å². The van der Waals surface area contributed by atoms with Crippen molar-refractivity contribution >= 4 is 35.0 Å². The third-order valence-electron chi connectivity index (χ3n) is 3.02. The lowest BCUT2D eigenvalue weighted by Gasteiger charge is -2.19. The fourth-order valence-electron chi connectivity index (χ4n) is 2.00. The summed E-state index contributed by atoms with van der Waals surface area (Å²) in [5, 5.41) is 4.44. The van der Waals surface area contributed by atoms with Crippen LogP contribution in [0.5, 0.6) is 0 Å². The average Bonchev–Trinajstić information content (AvgIpc) is 2.46. The minimum Gasteiger partial charge on any atom is -0.309 e. The maximum absolute atomic E-state index is 14.1. The number of hydrogen-bond donors (Lipinski definition) is 1. The van der Waals surface area contributed by atoms with Crippen molar-refractivity contribution in [3.63, 3.8) is 0 Å². The van der Waals surface area contributed by atoms with Crippen LogP contribution in [0.2, 0.25) is 10.0 Å². The molecule has 1 unspecified atom stereocenters. The Hall–Kier alpha value is -0.740. The molecule has 1 nitrogen and oxygen atoms in total. The van der Waals surface area contributed by atoms with Crippen LogP contribution >= 0.6 is 35.0 Å². The van der Waals surface area contributed by atoms with Crippen LogP contribution in [-0.2, 0) is 0 Å². The molecule has 21 heavy (non-hydrogen) atoms. The zero-order valence-electron chi connectivity index (χ0n) is 11.6. The summed E-state index contributed by atoms with van der Waals surface area (Å²) in [6.07, 6.45) is 0. The van der Waals surface area contributed by atoms with Gasteiger partial charge in [0.15, 0.2) is 0 Å². The Bertz CT molecular complexity index is 589. The minimum absolute atomic E-state index is 0.0621. The Balaban J connectivity index is 2.09. The summed E-state index contributed by atoms with van der Waals surface area (Å²) in [6.45, 7) is 2.78. The number of nitrogens with one attached hydrogen (secondary N) is 1. The summed E-state index contributed by atoms with van der Waals surface area (Å²) < 4.78 is 14.1. The van der Waals surface area contributed by atoms with Gasteiger partial charge in [-0.3, -0.25) is 0 Å². The van der Waals surface area contributed by atoms with Crippen LogP contribution in [0.3, 0.4) is 0 Å². The van der Waals surface area contributed by atoms with Crippen molar-refractivity contribution in [1.82, 2.24) is 5.32 Å². The van der Waals surface area contributed by atoms with Crippen molar-refractivity contribution in [3.8, 4) is 0 Å². The van der Waals surface area contributed by atoms with E-state index in [0.29, 0.717) is 15.6 Å². The number of benzene rings is 2. The zero-order chi connectivity index (χ0) is 15.2. The van der Waals surface area contributed by atoms with Crippen LogP contribution in [0.15, 0.2) is 47.4 Å². The summed E-state index contributed by atoms with van der Waals surface area (Å²) >= 11 is 13.3. The number of hydrogen-bond acceptors (Lipinski definition) is 2. The molecule has 1 N–H and O–H groups in total. The van der Waals surface area contributed by atoms with Gasteiger partial charge in [-0.1, -0.05) is 36.2 Å². The smallest absolute Gasteiger partial charge is 0.129 e. The lowest BCUT2D eigenvalue weighted by molar-refractivity contribution is 0.545. The van der Waals surface area contributed by atoms with Gasteiger partial charge in [-0.05, 0) is 42.9 Å². The predicted octanol–water partition coefficient (Wildman–Crippen LogP) is 5.58. The molecule has 0 spiro atoms. The first kappa shape index (κ1) is 16.6. The molecule has 0 fully saturated rings. The first-order valence-corrected chi connectivity index (χ1v) is 8.41. The minimum atomic E-state index is -0.273. The Kier molecular flexibility index (Phi) is 6.37. The van der Waals surface area contributed by atoms with Gasteiger partial charge in [0.1, 0.15) is 5.82 Å². The fourth-order valence-corrected chi connectivity index (χ4v) is 3.27. The molecule has 0 amide bonds. The van der Waals surface area contributed by atoms with Gasteiger partial charge in [0.25, 0.3) is 0 Å². The standard InChI is InChI=1S/C16H16Cl2FNS/c1-2-20-16(14-8-5-12(18)9-15(14)19)10-21-13-6-3-11(17)4-7-13/h3-9,16,20H,2,10H2,1H3. The van der Waals surface area contributed by atoms with Gasteiger partial charge in [0.2, 0.25) is 0 Å². The van der Waals surface area contributed by atoms with Crippen LogP contribution in [-0.4, -0.2) is 12.3 Å². The number of halogens is 3. The van der Waals surface area contributed by atoms with Crippen molar-refractivity contribution in [2.24, 2.45) is 0 Å². The van der Waals surface area contributed by atoms with Crippen LogP contribution < -0.4 is 5.32 Å². The lowest BCUT2D eigenvalue weighted by Crippen LogP contribution is -2.23. The monoisotopic (exact) mass is 343 g/mol. The highest BCUT2D eigenvalue weighted by Gasteiger charge is 2.15. The highest BCUT2D eigenvalue weighted by Crippen LogP contribution is 2.28. The van der Waals surface area contributed by atoms with E-state index >= 15 is 0 Å². The molecule has 0 saturated heterocycles. The van der Waals surface area contributed by atoms with Gasteiger partial charge in [0.05, 0.1) is 0 Å². The summed E-state index contributed by atoms with van der Waals surface area (Å²) in [7, 11) is 0. The second kappa shape index (κ2) is 8.04. The molecule has 0 bridgehead atoms. The molecule has 0 radical (unpaired) electrons. The Labute approximate surface area is 138 Å². The van der Waals surface area contributed by atoms with Gasteiger partial charge < -0.3 is 5.32 Å². The molecule has 0 aliphatic heterocycles. The molecule has 2 rings (SSSR count). The third kappa shape index (κ3) is 4.89. The molecular weight excluding hydrogens is 328 g/mol. The molecular formula is C16H16Cl2FNS. The van der Waals surface area contributed by atoms with E-state index in [4.69, 9.17) is 23.2 Å². The van der Waals surface area contributed by atoms with E-state index in [-0.39, 0.29) is 11.9 Å². The Morgan fingerprint density at radius 1 is 1.10 bits per heavy atom. The van der Waals surface area contributed by atoms with Crippen molar-refractivity contribution in [2.45, 2.75) is 17.9 Å². The van der Waals surface area contributed by atoms with Gasteiger partial charge in [0, 0.05) is 32.3 Å². The highest BCUT2D eigenvalue weighted by molar-refractivity contribution is 7.99. The van der Waals surface area contributed by atoms with Crippen molar-refractivity contribution < 1.29 is 4.39 Å². The van der Waals surface area contributed by atoms with E-state index < -0.39 is 0 Å². The normalized spacial score (nSPS) is 12.4. The second-order valence-electron chi connectivity index (χ2n) is 4.54. The molecule has 2 aromatic rings. The van der Waals surface area contributed by atoms with E-state index in [9.17, 15) is 4.39 Å². The van der Waals surface area contributed by atoms with E-state index in [0.717, 1.165) is 17.2 Å². The maximum Gasteiger partial charge on any atom is 0.129 e. The predicted molar refractivity (Wildman–Crippen MR) is 90.0 cm³/mol. The Morgan fingerprint density at radius 2 is 1.76 bits per heavy atom. The summed E-state index contributed by atoms with van der Waals surface area (Å²) in [5.41, 5.74) is 0.641. The SMILES string of the molecule is CCNC(CSc1ccc(Cl)cc1)c1ccc(Cl)cc1F. The molecule has 0 saturated carbocycles. The first-order valence-electron chi connectivity index (χ1n) is 6.67. The molecule has 1 atom stereocenters. The van der Waals surface area contributed by atoms with Crippen molar-refractivity contribution in [2.75, 3.05) is 12.3 Å². The quantitative estimate of drug-likeness (QED) is 0.687. The molecule has 112 valence electrons. The van der Waals surface area contributed by atoms with Gasteiger partial charge in [-0.15, -0.1) is 11.8 Å². The molecule has 0 heterocycles. The van der Waals surface area contributed by atoms with Crippen LogP contribution in [0, 0.1) is 5.82 Å². The topological polar surface area (TPSA) is 12.0 Å². The highest BCUT2D eigenvalue weighted by atomic mass is 35.5. The van der Waals surface area contributed by atoms with Crippen LogP contribution in [0.1, 0.15) is 18.5 Å². The van der Waals surface area contributed by atoms with E-state index in [1.165, 1.54) is 6.07 Å². The van der Waals surface area contributed by atoms with E-state index in [2.05, 4.69) is 5.32 Å². The third-order valence-corrected chi connectivity index (χ3v) is 4.61. The maximum atomic E-state index is 14.1. The molecule has 2 aromatic carbocycles. The first-order chi connectivity index (χ1) is 10.1. The molecule has 0 aliphatic rings. The second-order valence-corrected chi connectivity index (χ2v) is 6.51. The summed E-state index contributed by atoms with van der Waals surface area (Å²) in [5.74, 6) is 0.457. The van der Waals surface area contributed by atoms with E-state index in [1.807, 2.05) is 31.2 Å². The van der Waals surface area contributed by atoms with Crippen LogP contribution in [0.4, 0.5) is 4.39 Å². The number of rotatable bonds is 6. The molecule has 5 heteroatoms. The lowest BCUT2D eigenvalue weighted by atomic mass is 10.1. The summed E-state index contributed by atoms with van der Waals surface area (Å²) in [6, 6.07) is 12.4. The largest absolute Gasteiger partial charge is 0.309 e. The van der Waals surface area contributed by atoms with E-state index in [1.54, 1.807) is 23.9 Å². The summed E-state index contributed by atoms with van der Waals surface area (Å²) in [4.78, 5) is 1.11. The van der Waals surface area contributed by atoms with Gasteiger partial charge in [-0.2, -0.15) is 0 Å². The van der Waals surface area contributed by atoms with Crippen LogP contribution in [0.25, 0.3) is 0 Å². The van der Waals surface area contributed by atoms with Crippen molar-refractivity contribution in [3.05, 3.63) is 63.9 Å². The van der Waals surface area contributed by atoms with Gasteiger partial charge >= 0.3 is 0 Å². The molecule has 0 aromatic heterocycles. The zero-order valence-corrected chi connectivity index (χ0v) is 13.9. The average molecular weight is 344 g/mol. The molecule has 0 aliphatic carbocycles. The number of thioether (sulfide) groups is 1. The fraction of sp³-hybridized carbons (Fsp3) is 0.250. The Morgan fingerprint density at radius 3 is 2.38 bits per heavy atom. The van der Waals surface area contributed by atoms with Crippen molar-refractivity contribution in [1.29, 1.82) is 0 Å².